The fraction of sp³-hybridized carbons (Fsp3) is 0.458. The van der Waals surface area contributed by atoms with Crippen LogP contribution in [0.15, 0.2) is 36.4 Å². The zero-order chi connectivity index (χ0) is 19.8. The number of pyridine rings is 1. The molecule has 2 aromatic heterocycles. The van der Waals surface area contributed by atoms with Crippen LogP contribution in [0.4, 0.5) is 0 Å². The van der Waals surface area contributed by atoms with Gasteiger partial charge in [-0.2, -0.15) is 5.10 Å². The van der Waals surface area contributed by atoms with Crippen LogP contribution in [0.1, 0.15) is 79.0 Å². The minimum absolute atomic E-state index is 0.0295. The van der Waals surface area contributed by atoms with E-state index in [-0.39, 0.29) is 11.9 Å². The van der Waals surface area contributed by atoms with Gasteiger partial charge in [-0.05, 0) is 50.8 Å². The molecule has 3 aromatic rings. The number of amides is 1. The van der Waals surface area contributed by atoms with Crippen LogP contribution >= 0.6 is 0 Å². The number of nitrogens with zero attached hydrogens (tertiary/aromatic N) is 3. The first-order valence-corrected chi connectivity index (χ1v) is 11.0. The topological polar surface area (TPSA) is 59.8 Å². The van der Waals surface area contributed by atoms with Crippen molar-refractivity contribution in [2.24, 2.45) is 0 Å². The summed E-state index contributed by atoms with van der Waals surface area (Å²) >= 11 is 0. The molecule has 2 aliphatic rings. The molecule has 2 saturated carbocycles. The highest BCUT2D eigenvalue weighted by atomic mass is 16.1. The predicted molar refractivity (Wildman–Crippen MR) is 115 cm³/mol. The fourth-order valence-electron chi connectivity index (χ4n) is 4.51. The monoisotopic (exact) mass is 388 g/mol. The molecule has 5 heteroatoms. The zero-order valence-electron chi connectivity index (χ0n) is 17.0. The molecule has 1 amide bonds. The largest absolute Gasteiger partial charge is 0.349 e. The lowest BCUT2D eigenvalue weighted by Gasteiger charge is -2.17. The third-order valence-electron chi connectivity index (χ3n) is 6.26. The number of fused-ring (bicyclic) bond motifs is 1. The normalized spacial score (nSPS) is 18.0. The van der Waals surface area contributed by atoms with Gasteiger partial charge in [0.15, 0.2) is 5.65 Å². The number of benzene rings is 1. The van der Waals surface area contributed by atoms with Gasteiger partial charge in [-0.15, -0.1) is 0 Å². The number of hydrogen-bond donors (Lipinski definition) is 1. The van der Waals surface area contributed by atoms with Gasteiger partial charge >= 0.3 is 0 Å². The molecule has 0 radical (unpaired) electrons. The van der Waals surface area contributed by atoms with Gasteiger partial charge in [0, 0.05) is 17.7 Å². The van der Waals surface area contributed by atoms with E-state index in [9.17, 15) is 4.79 Å². The molecule has 1 aromatic carbocycles. The van der Waals surface area contributed by atoms with E-state index in [1.807, 2.05) is 48.0 Å². The van der Waals surface area contributed by atoms with Gasteiger partial charge in [-0.25, -0.2) is 9.67 Å². The lowest BCUT2D eigenvalue weighted by molar-refractivity contribution is 0.0935. The van der Waals surface area contributed by atoms with Crippen LogP contribution in [0.25, 0.3) is 16.7 Å². The Labute approximate surface area is 171 Å². The minimum Gasteiger partial charge on any atom is -0.349 e. The van der Waals surface area contributed by atoms with Crippen LogP contribution in [-0.2, 0) is 0 Å². The van der Waals surface area contributed by atoms with Gasteiger partial charge in [-0.3, -0.25) is 4.79 Å². The predicted octanol–water partition coefficient (Wildman–Crippen LogP) is 5.06. The molecular weight excluding hydrogens is 360 g/mol. The molecule has 0 unspecified atom stereocenters. The molecular formula is C24H28N4O. The molecule has 2 aliphatic carbocycles. The summed E-state index contributed by atoms with van der Waals surface area (Å²) in [5, 5.41) is 8.97. The van der Waals surface area contributed by atoms with Crippen LogP contribution in [0.3, 0.4) is 0 Å². The molecule has 2 fully saturated rings. The highest BCUT2D eigenvalue weighted by Crippen LogP contribution is 2.40. The van der Waals surface area contributed by atoms with Gasteiger partial charge in [0.1, 0.15) is 0 Å². The minimum atomic E-state index is 0.0295. The van der Waals surface area contributed by atoms with E-state index < -0.39 is 0 Å². The van der Waals surface area contributed by atoms with E-state index in [0.717, 1.165) is 59.4 Å². The Morgan fingerprint density at radius 2 is 1.76 bits per heavy atom. The lowest BCUT2D eigenvalue weighted by Crippen LogP contribution is -2.34. The summed E-state index contributed by atoms with van der Waals surface area (Å²) in [6.45, 7) is 1.97. The lowest BCUT2D eigenvalue weighted by atomic mass is 10.0. The molecule has 5 nitrogen and oxygen atoms in total. The molecule has 29 heavy (non-hydrogen) atoms. The summed E-state index contributed by atoms with van der Waals surface area (Å²) in [7, 11) is 0. The summed E-state index contributed by atoms with van der Waals surface area (Å²) in [4.78, 5) is 18.3. The van der Waals surface area contributed by atoms with Crippen LogP contribution in [-0.4, -0.2) is 26.7 Å². The van der Waals surface area contributed by atoms with E-state index in [1.54, 1.807) is 0 Å². The van der Waals surface area contributed by atoms with E-state index in [4.69, 9.17) is 10.1 Å². The van der Waals surface area contributed by atoms with Crippen molar-refractivity contribution in [2.45, 2.75) is 70.3 Å². The smallest absolute Gasteiger partial charge is 0.252 e. The standard InChI is InChI=1S/C24H28N4O/c1-16-22-20(24(29)25-18-9-5-2-3-6-10-18)15-21(17-13-14-17)26-23(22)28(27-16)19-11-7-4-8-12-19/h4,7-8,11-12,15,17-18H,2-3,5-6,9-10,13-14H2,1H3,(H,25,29). The maximum atomic E-state index is 13.4. The molecule has 0 bridgehead atoms. The van der Waals surface area contributed by atoms with Gasteiger partial charge in [0.05, 0.1) is 22.3 Å². The van der Waals surface area contributed by atoms with Crippen molar-refractivity contribution < 1.29 is 4.79 Å². The second kappa shape index (κ2) is 7.62. The maximum Gasteiger partial charge on any atom is 0.252 e. The second-order valence-corrected chi connectivity index (χ2v) is 8.56. The van der Waals surface area contributed by atoms with Gasteiger partial charge in [0.2, 0.25) is 0 Å². The third-order valence-corrected chi connectivity index (χ3v) is 6.26. The first-order chi connectivity index (χ1) is 14.2. The van der Waals surface area contributed by atoms with Crippen LogP contribution < -0.4 is 5.32 Å². The van der Waals surface area contributed by atoms with Gasteiger partial charge < -0.3 is 5.32 Å². The average molecular weight is 389 g/mol. The number of rotatable bonds is 4. The van der Waals surface area contributed by atoms with Crippen molar-refractivity contribution in [1.82, 2.24) is 20.1 Å². The Hall–Kier alpha value is -2.69. The quantitative estimate of drug-likeness (QED) is 0.636. The number of para-hydroxylation sites is 1. The molecule has 5 rings (SSSR count). The van der Waals surface area contributed by atoms with Crippen LogP contribution in [0.2, 0.25) is 0 Å². The number of carbonyl (C=O) groups excluding carboxylic acids is 1. The molecule has 2 heterocycles. The van der Waals surface area contributed by atoms with E-state index >= 15 is 0 Å². The SMILES string of the molecule is Cc1nn(-c2ccccc2)c2nc(C3CC3)cc(C(=O)NC3CCCCCC3)c12. The molecule has 0 aliphatic heterocycles. The summed E-state index contributed by atoms with van der Waals surface area (Å²) in [5.41, 5.74) is 4.39. The highest BCUT2D eigenvalue weighted by molar-refractivity contribution is 6.07. The Morgan fingerprint density at radius 3 is 2.45 bits per heavy atom. The summed E-state index contributed by atoms with van der Waals surface area (Å²) in [6, 6.07) is 12.4. The van der Waals surface area contributed by atoms with E-state index in [1.165, 1.54) is 25.7 Å². The van der Waals surface area contributed by atoms with Crippen molar-refractivity contribution in [3.63, 3.8) is 0 Å². The van der Waals surface area contributed by atoms with Crippen molar-refractivity contribution in [2.75, 3.05) is 0 Å². The summed E-state index contributed by atoms with van der Waals surface area (Å²) < 4.78 is 1.89. The van der Waals surface area contributed by atoms with Gasteiger partial charge in [-0.1, -0.05) is 43.9 Å². The molecule has 0 atom stereocenters. The Bertz CT molecular complexity index is 1030. The van der Waals surface area contributed by atoms with Crippen LogP contribution in [0, 0.1) is 6.92 Å². The van der Waals surface area contributed by atoms with E-state index in [2.05, 4.69) is 5.32 Å². The number of nitrogens with one attached hydrogen (secondary N) is 1. The van der Waals surface area contributed by atoms with Crippen molar-refractivity contribution in [3.05, 3.63) is 53.3 Å². The van der Waals surface area contributed by atoms with Crippen LogP contribution in [0.5, 0.6) is 0 Å². The Kier molecular flexibility index (Phi) is 4.82. The number of hydrogen-bond acceptors (Lipinski definition) is 3. The summed E-state index contributed by atoms with van der Waals surface area (Å²) in [6.07, 6.45) is 9.43. The van der Waals surface area contributed by atoms with E-state index in [0.29, 0.717) is 5.92 Å². The number of aryl methyl sites for hydroxylation is 1. The highest BCUT2D eigenvalue weighted by Gasteiger charge is 2.29. The van der Waals surface area contributed by atoms with Crippen molar-refractivity contribution >= 4 is 16.9 Å². The van der Waals surface area contributed by atoms with Crippen molar-refractivity contribution in [1.29, 1.82) is 0 Å². The number of carbonyl (C=O) groups is 1. The second-order valence-electron chi connectivity index (χ2n) is 8.56. The average Bonchev–Trinajstić information content (AvgIpc) is 3.56. The van der Waals surface area contributed by atoms with Gasteiger partial charge in [0.25, 0.3) is 5.91 Å². The third kappa shape index (κ3) is 3.66. The Balaban J connectivity index is 1.58. The molecule has 0 saturated heterocycles. The first kappa shape index (κ1) is 18.3. The Morgan fingerprint density at radius 1 is 1.03 bits per heavy atom. The fourth-order valence-corrected chi connectivity index (χ4v) is 4.51. The molecule has 1 N–H and O–H groups in total. The molecule has 150 valence electrons. The van der Waals surface area contributed by atoms with Crippen molar-refractivity contribution in [3.8, 4) is 5.69 Å². The maximum absolute atomic E-state index is 13.4. The number of aromatic nitrogens is 3. The summed E-state index contributed by atoms with van der Waals surface area (Å²) in [5.74, 6) is 0.505. The zero-order valence-corrected chi connectivity index (χ0v) is 17.0. The first-order valence-electron chi connectivity index (χ1n) is 11.0. The molecule has 0 spiro atoms.